The molecule has 2 aromatic rings. The number of carbonyl (C=O) groups is 3. The van der Waals surface area contributed by atoms with Crippen molar-refractivity contribution in [2.24, 2.45) is 0 Å². The smallest absolute Gasteiger partial charge is 0.410 e. The molecule has 0 radical (unpaired) electrons. The summed E-state index contributed by atoms with van der Waals surface area (Å²) < 4.78 is 11.9. The number of amides is 2. The normalized spacial score (nSPS) is 13.0. The van der Waals surface area contributed by atoms with Crippen LogP contribution in [0.5, 0.6) is 5.75 Å². The zero-order valence-electron chi connectivity index (χ0n) is 17.8. The number of hydrogen-bond acceptors (Lipinski definition) is 6. The lowest BCUT2D eigenvalue weighted by atomic mass is 10.2. The summed E-state index contributed by atoms with van der Waals surface area (Å²) in [6.45, 7) is 7.48. The minimum absolute atomic E-state index is 0.179. The Labute approximate surface area is 175 Å². The fourth-order valence-electron chi connectivity index (χ4n) is 3.21. The number of ether oxygens (including phenoxy) is 2. The highest BCUT2D eigenvalue weighted by atomic mass is 16.6. The van der Waals surface area contributed by atoms with Crippen LogP contribution in [0.3, 0.4) is 0 Å². The van der Waals surface area contributed by atoms with E-state index in [1.165, 1.54) is 14.5 Å². The van der Waals surface area contributed by atoms with Crippen LogP contribution < -0.4 is 9.64 Å². The highest BCUT2D eigenvalue weighted by molar-refractivity contribution is 5.88. The van der Waals surface area contributed by atoms with Crippen molar-refractivity contribution < 1.29 is 23.9 Å². The number of fused-ring (bicyclic) bond motifs is 1. The molecular weight excluding hydrogens is 388 g/mol. The van der Waals surface area contributed by atoms with E-state index < -0.39 is 11.7 Å². The second kappa shape index (κ2) is 8.17. The molecule has 9 nitrogen and oxygen atoms in total. The molecule has 0 atom stereocenters. The van der Waals surface area contributed by atoms with E-state index in [0.29, 0.717) is 34.9 Å². The van der Waals surface area contributed by atoms with Gasteiger partial charge in [0.25, 0.3) is 0 Å². The van der Waals surface area contributed by atoms with E-state index in [4.69, 9.17) is 9.47 Å². The van der Waals surface area contributed by atoms with Crippen LogP contribution in [0.2, 0.25) is 0 Å². The summed E-state index contributed by atoms with van der Waals surface area (Å²) in [5, 5.41) is 4.41. The quantitative estimate of drug-likeness (QED) is 0.695. The molecule has 2 amide bonds. The number of nitrogens with zero attached hydrogens (tertiary/aromatic N) is 4. The highest BCUT2D eigenvalue weighted by Gasteiger charge is 2.36. The molecule has 3 rings (SSSR count). The van der Waals surface area contributed by atoms with Crippen molar-refractivity contribution in [1.29, 1.82) is 0 Å². The van der Waals surface area contributed by atoms with Gasteiger partial charge < -0.3 is 9.47 Å². The number of hydrogen-bond donors (Lipinski definition) is 0. The number of aromatic nitrogens is 2. The van der Waals surface area contributed by atoms with E-state index in [-0.39, 0.29) is 25.4 Å². The number of methoxy groups -OCH3 is 1. The predicted molar refractivity (Wildman–Crippen MR) is 110 cm³/mol. The van der Waals surface area contributed by atoms with Crippen molar-refractivity contribution >= 4 is 29.9 Å². The fraction of sp³-hybridized carbons (Fsp3) is 0.429. The molecule has 0 saturated carbocycles. The van der Waals surface area contributed by atoms with E-state index in [2.05, 4.69) is 5.10 Å². The standard InChI is InChI=1S/C21H26N4O5/c1-6-18(27)25-17-12-23(20(28)30-21(2,3)4)11-16(17)19(22-25)24(13-26)14-7-9-15(29-5)10-8-14/h7-10,13H,6,11-12H2,1-5H3. The van der Waals surface area contributed by atoms with Gasteiger partial charge in [-0.1, -0.05) is 6.92 Å². The second-order valence-electron chi connectivity index (χ2n) is 7.92. The van der Waals surface area contributed by atoms with Crippen LogP contribution in [0.15, 0.2) is 24.3 Å². The first-order valence-corrected chi connectivity index (χ1v) is 9.69. The van der Waals surface area contributed by atoms with Crippen LogP contribution in [0.25, 0.3) is 0 Å². The zero-order chi connectivity index (χ0) is 22.1. The molecule has 160 valence electrons. The largest absolute Gasteiger partial charge is 0.497 e. The van der Waals surface area contributed by atoms with Crippen molar-refractivity contribution in [2.45, 2.75) is 52.8 Å². The van der Waals surface area contributed by atoms with Crippen LogP contribution >= 0.6 is 0 Å². The summed E-state index contributed by atoms with van der Waals surface area (Å²) >= 11 is 0. The van der Waals surface area contributed by atoms with Gasteiger partial charge in [-0.25, -0.2) is 9.48 Å². The third-order valence-corrected chi connectivity index (χ3v) is 4.63. The first-order chi connectivity index (χ1) is 14.2. The summed E-state index contributed by atoms with van der Waals surface area (Å²) in [6, 6.07) is 6.91. The summed E-state index contributed by atoms with van der Waals surface area (Å²) in [5.74, 6) is 0.750. The Bertz CT molecular complexity index is 959. The van der Waals surface area contributed by atoms with Gasteiger partial charge in [0.2, 0.25) is 12.3 Å². The highest BCUT2D eigenvalue weighted by Crippen LogP contribution is 2.35. The van der Waals surface area contributed by atoms with Gasteiger partial charge in [-0.15, -0.1) is 5.10 Å². The van der Waals surface area contributed by atoms with Crippen molar-refractivity contribution in [3.05, 3.63) is 35.5 Å². The SMILES string of the molecule is CCC(=O)n1nc(N(C=O)c2ccc(OC)cc2)c2c1CN(C(=O)OC(C)(C)C)C2. The van der Waals surface area contributed by atoms with Crippen LogP contribution in [0.4, 0.5) is 16.3 Å². The molecule has 30 heavy (non-hydrogen) atoms. The van der Waals surface area contributed by atoms with Crippen molar-refractivity contribution in [1.82, 2.24) is 14.7 Å². The van der Waals surface area contributed by atoms with Crippen molar-refractivity contribution in [3.8, 4) is 5.75 Å². The Hall–Kier alpha value is -3.36. The van der Waals surface area contributed by atoms with Gasteiger partial charge in [-0.05, 0) is 45.0 Å². The Morgan fingerprint density at radius 3 is 2.40 bits per heavy atom. The molecule has 0 N–H and O–H groups in total. The van der Waals surface area contributed by atoms with Gasteiger partial charge in [-0.2, -0.15) is 0 Å². The predicted octanol–water partition coefficient (Wildman–Crippen LogP) is 3.49. The molecule has 0 unspecified atom stereocenters. The van der Waals surface area contributed by atoms with Crippen LogP contribution in [-0.2, 0) is 22.6 Å². The van der Waals surface area contributed by atoms with Gasteiger partial charge >= 0.3 is 6.09 Å². The average molecular weight is 414 g/mol. The molecule has 1 aliphatic heterocycles. The number of rotatable bonds is 5. The molecule has 0 aliphatic carbocycles. The lowest BCUT2D eigenvalue weighted by molar-refractivity contribution is -0.106. The Balaban J connectivity index is 2.00. The lowest BCUT2D eigenvalue weighted by Gasteiger charge is -2.24. The maximum Gasteiger partial charge on any atom is 0.410 e. The number of carbonyl (C=O) groups excluding carboxylic acids is 3. The van der Waals surface area contributed by atoms with E-state index in [1.807, 2.05) is 0 Å². The molecule has 0 saturated heterocycles. The maximum absolute atomic E-state index is 12.6. The van der Waals surface area contributed by atoms with E-state index in [0.717, 1.165) is 0 Å². The van der Waals surface area contributed by atoms with Crippen molar-refractivity contribution in [3.63, 3.8) is 0 Å². The number of anilines is 2. The third kappa shape index (κ3) is 4.14. The molecule has 1 aliphatic rings. The summed E-state index contributed by atoms with van der Waals surface area (Å²) in [7, 11) is 1.56. The maximum atomic E-state index is 12.6. The topological polar surface area (TPSA) is 94.0 Å². The molecule has 0 fully saturated rings. The molecule has 1 aromatic carbocycles. The van der Waals surface area contributed by atoms with E-state index in [9.17, 15) is 14.4 Å². The van der Waals surface area contributed by atoms with Gasteiger partial charge in [0.1, 0.15) is 11.4 Å². The molecule has 0 bridgehead atoms. The zero-order valence-corrected chi connectivity index (χ0v) is 17.8. The molecule has 1 aromatic heterocycles. The number of benzene rings is 1. The first-order valence-electron chi connectivity index (χ1n) is 9.69. The molecule has 9 heteroatoms. The van der Waals surface area contributed by atoms with E-state index in [1.54, 1.807) is 59.1 Å². The van der Waals surface area contributed by atoms with Gasteiger partial charge in [0, 0.05) is 12.0 Å². The Kier molecular flexibility index (Phi) is 5.82. The Morgan fingerprint density at radius 1 is 1.20 bits per heavy atom. The lowest BCUT2D eigenvalue weighted by Crippen LogP contribution is -2.34. The van der Waals surface area contributed by atoms with Crippen LogP contribution in [-0.4, -0.2) is 45.8 Å². The van der Waals surface area contributed by atoms with Gasteiger partial charge in [0.15, 0.2) is 5.82 Å². The van der Waals surface area contributed by atoms with Gasteiger partial charge in [0.05, 0.1) is 31.6 Å². The third-order valence-electron chi connectivity index (χ3n) is 4.63. The van der Waals surface area contributed by atoms with Gasteiger partial charge in [-0.3, -0.25) is 19.4 Å². The fourth-order valence-corrected chi connectivity index (χ4v) is 3.21. The molecular formula is C21H26N4O5. The first kappa shape index (κ1) is 21.4. The minimum Gasteiger partial charge on any atom is -0.497 e. The summed E-state index contributed by atoms with van der Waals surface area (Å²) in [5.41, 5.74) is 1.16. The summed E-state index contributed by atoms with van der Waals surface area (Å²) in [4.78, 5) is 39.8. The molecule has 2 heterocycles. The minimum atomic E-state index is -0.641. The van der Waals surface area contributed by atoms with E-state index >= 15 is 0 Å². The Morgan fingerprint density at radius 2 is 1.87 bits per heavy atom. The second-order valence-corrected chi connectivity index (χ2v) is 7.92. The average Bonchev–Trinajstić information content (AvgIpc) is 3.28. The van der Waals surface area contributed by atoms with Crippen molar-refractivity contribution in [2.75, 3.05) is 12.0 Å². The summed E-state index contributed by atoms with van der Waals surface area (Å²) in [6.07, 6.45) is 0.396. The van der Waals surface area contributed by atoms with Crippen LogP contribution in [0.1, 0.15) is 50.2 Å². The van der Waals surface area contributed by atoms with Crippen LogP contribution in [0, 0.1) is 0 Å². The molecule has 0 spiro atoms. The monoisotopic (exact) mass is 414 g/mol.